The maximum atomic E-state index is 13.5. The van der Waals surface area contributed by atoms with Gasteiger partial charge in [0.25, 0.3) is 0 Å². The van der Waals surface area contributed by atoms with Gasteiger partial charge in [0.2, 0.25) is 17.6 Å². The van der Waals surface area contributed by atoms with Crippen LogP contribution in [0.5, 0.6) is 0 Å². The number of piperazine rings is 1. The van der Waals surface area contributed by atoms with Crippen LogP contribution in [0.15, 0.2) is 28.8 Å². The summed E-state index contributed by atoms with van der Waals surface area (Å²) in [7, 11) is 0. The summed E-state index contributed by atoms with van der Waals surface area (Å²) in [6, 6.07) is 7.94. The average molecular weight is 456 g/mol. The van der Waals surface area contributed by atoms with Gasteiger partial charge >= 0.3 is 0 Å². The highest BCUT2D eigenvalue weighted by Gasteiger charge is 2.37. The third-order valence-electron chi connectivity index (χ3n) is 6.62. The molecule has 1 aromatic carbocycles. The molecule has 1 amide bonds. The molecular weight excluding hydrogens is 418 g/mol. The van der Waals surface area contributed by atoms with Crippen molar-refractivity contribution in [3.63, 3.8) is 0 Å². The summed E-state index contributed by atoms with van der Waals surface area (Å²) in [4.78, 5) is 24.7. The van der Waals surface area contributed by atoms with E-state index in [9.17, 15) is 4.79 Å². The average Bonchev–Trinajstić information content (AvgIpc) is 3.22. The lowest BCUT2D eigenvalue weighted by molar-refractivity contribution is -0.147. The number of hydrogen-bond acceptors (Lipinski definition) is 7. The molecular formula is C25H37N5O3. The van der Waals surface area contributed by atoms with Crippen LogP contribution in [-0.2, 0) is 16.1 Å². The third kappa shape index (κ3) is 5.62. The highest BCUT2D eigenvalue weighted by atomic mass is 16.5. The van der Waals surface area contributed by atoms with Gasteiger partial charge in [-0.2, -0.15) is 4.98 Å². The Morgan fingerprint density at radius 3 is 2.39 bits per heavy atom. The zero-order valence-electron chi connectivity index (χ0n) is 20.5. The van der Waals surface area contributed by atoms with Gasteiger partial charge in [0.05, 0.1) is 24.8 Å². The smallest absolute Gasteiger partial charge is 0.241 e. The number of rotatable bonds is 6. The molecule has 2 aromatic rings. The maximum absolute atomic E-state index is 13.5. The van der Waals surface area contributed by atoms with Crippen LogP contribution >= 0.6 is 0 Å². The summed E-state index contributed by atoms with van der Waals surface area (Å²) in [5.74, 6) is 1.74. The maximum Gasteiger partial charge on any atom is 0.241 e. The number of carbonyl (C=O) groups is 1. The summed E-state index contributed by atoms with van der Waals surface area (Å²) in [5.41, 5.74) is 2.12. The van der Waals surface area contributed by atoms with Gasteiger partial charge in [-0.3, -0.25) is 14.6 Å². The Bertz CT molecular complexity index is 928. The van der Waals surface area contributed by atoms with Crippen LogP contribution in [0.1, 0.15) is 39.1 Å². The molecule has 0 spiro atoms. The summed E-state index contributed by atoms with van der Waals surface area (Å²) in [6.07, 6.45) is 0.303. The Labute approximate surface area is 196 Å². The molecule has 180 valence electrons. The minimum atomic E-state index is -0.0991. The summed E-state index contributed by atoms with van der Waals surface area (Å²) < 4.78 is 11.4. The predicted molar refractivity (Wildman–Crippen MR) is 127 cm³/mol. The highest BCUT2D eigenvalue weighted by Crippen LogP contribution is 2.22. The van der Waals surface area contributed by atoms with Crippen LogP contribution in [0.25, 0.3) is 11.4 Å². The molecule has 33 heavy (non-hydrogen) atoms. The summed E-state index contributed by atoms with van der Waals surface area (Å²) in [5, 5.41) is 4.17. The highest BCUT2D eigenvalue weighted by molar-refractivity contribution is 5.82. The lowest BCUT2D eigenvalue weighted by atomic mass is 9.98. The van der Waals surface area contributed by atoms with Crippen LogP contribution < -0.4 is 0 Å². The van der Waals surface area contributed by atoms with E-state index in [2.05, 4.69) is 47.6 Å². The largest absolute Gasteiger partial charge is 0.373 e. The van der Waals surface area contributed by atoms with Crippen molar-refractivity contribution in [3.8, 4) is 11.4 Å². The van der Waals surface area contributed by atoms with Crippen LogP contribution in [0.2, 0.25) is 0 Å². The second kappa shape index (κ2) is 10.3. The van der Waals surface area contributed by atoms with E-state index in [1.165, 1.54) is 0 Å². The van der Waals surface area contributed by atoms with E-state index < -0.39 is 0 Å². The first kappa shape index (κ1) is 23.9. The predicted octanol–water partition coefficient (Wildman–Crippen LogP) is 2.82. The van der Waals surface area contributed by atoms with Crippen molar-refractivity contribution in [3.05, 3.63) is 35.7 Å². The van der Waals surface area contributed by atoms with Crippen molar-refractivity contribution in [2.24, 2.45) is 5.92 Å². The fourth-order valence-corrected chi connectivity index (χ4v) is 5.06. The lowest BCUT2D eigenvalue weighted by Gasteiger charge is -2.44. The first-order valence-corrected chi connectivity index (χ1v) is 12.1. The van der Waals surface area contributed by atoms with Crippen molar-refractivity contribution in [2.75, 3.05) is 39.3 Å². The van der Waals surface area contributed by atoms with E-state index in [4.69, 9.17) is 9.26 Å². The van der Waals surface area contributed by atoms with Gasteiger partial charge in [-0.15, -0.1) is 0 Å². The van der Waals surface area contributed by atoms with Crippen LogP contribution in [-0.4, -0.2) is 88.3 Å². The van der Waals surface area contributed by atoms with Gasteiger partial charge in [0, 0.05) is 44.8 Å². The fourth-order valence-electron chi connectivity index (χ4n) is 5.06. The fraction of sp³-hybridized carbons (Fsp3) is 0.640. The van der Waals surface area contributed by atoms with Gasteiger partial charge in [-0.05, 0) is 32.3 Å². The molecule has 8 nitrogen and oxygen atoms in total. The van der Waals surface area contributed by atoms with Gasteiger partial charge < -0.3 is 14.2 Å². The van der Waals surface area contributed by atoms with Gasteiger partial charge in [-0.1, -0.05) is 43.3 Å². The number of benzene rings is 1. The molecule has 3 heterocycles. The molecule has 3 unspecified atom stereocenters. The van der Waals surface area contributed by atoms with E-state index in [0.29, 0.717) is 18.3 Å². The number of amides is 1. The van der Waals surface area contributed by atoms with Crippen LogP contribution in [0.3, 0.4) is 0 Å². The normalized spacial score (nSPS) is 23.8. The first-order chi connectivity index (χ1) is 15.8. The number of aromatic nitrogens is 2. The summed E-state index contributed by atoms with van der Waals surface area (Å²) in [6.45, 7) is 15.8. The molecule has 2 fully saturated rings. The Hall–Kier alpha value is -2.29. The van der Waals surface area contributed by atoms with E-state index in [-0.39, 0.29) is 30.1 Å². The molecule has 0 N–H and O–H groups in total. The molecule has 0 radical (unpaired) electrons. The molecule has 0 aliphatic carbocycles. The zero-order valence-corrected chi connectivity index (χ0v) is 20.5. The second-order valence-electron chi connectivity index (χ2n) is 9.83. The number of ether oxygens (including phenoxy) is 1. The minimum Gasteiger partial charge on any atom is -0.373 e. The second-order valence-corrected chi connectivity index (χ2v) is 9.83. The number of carbonyl (C=O) groups excluding carboxylic acids is 1. The molecule has 4 rings (SSSR count). The van der Waals surface area contributed by atoms with Crippen molar-refractivity contribution < 1.29 is 14.1 Å². The van der Waals surface area contributed by atoms with Gasteiger partial charge in [0.1, 0.15) is 0 Å². The number of aryl methyl sites for hydroxylation is 1. The van der Waals surface area contributed by atoms with E-state index in [1.807, 2.05) is 36.1 Å². The summed E-state index contributed by atoms with van der Waals surface area (Å²) >= 11 is 0. The SMILES string of the molecule is Cc1ccccc1-c1noc(CN2CCN(C(=O)C(C(C)C)N3CC(C)OC(C)C3)CC2)n1. The minimum absolute atomic E-state index is 0.0991. The Balaban J connectivity index is 1.33. The van der Waals surface area contributed by atoms with Crippen molar-refractivity contribution in [1.82, 2.24) is 24.8 Å². The van der Waals surface area contributed by atoms with Crippen LogP contribution in [0, 0.1) is 12.8 Å². The molecule has 0 saturated carbocycles. The Morgan fingerprint density at radius 2 is 1.76 bits per heavy atom. The number of hydrogen-bond donors (Lipinski definition) is 0. The topological polar surface area (TPSA) is 74.9 Å². The van der Waals surface area contributed by atoms with Gasteiger partial charge in [0.15, 0.2) is 0 Å². The monoisotopic (exact) mass is 455 g/mol. The van der Waals surface area contributed by atoms with E-state index in [1.54, 1.807) is 0 Å². The van der Waals surface area contributed by atoms with Gasteiger partial charge in [-0.25, -0.2) is 0 Å². The number of nitrogens with zero attached hydrogens (tertiary/aromatic N) is 5. The van der Waals surface area contributed by atoms with Crippen molar-refractivity contribution in [1.29, 1.82) is 0 Å². The Kier molecular flexibility index (Phi) is 7.46. The first-order valence-electron chi connectivity index (χ1n) is 12.1. The Morgan fingerprint density at radius 1 is 1.09 bits per heavy atom. The van der Waals surface area contributed by atoms with Crippen molar-refractivity contribution >= 4 is 5.91 Å². The molecule has 2 aliphatic heterocycles. The quantitative estimate of drug-likeness (QED) is 0.663. The lowest BCUT2D eigenvalue weighted by Crippen LogP contribution is -2.60. The van der Waals surface area contributed by atoms with E-state index in [0.717, 1.165) is 50.4 Å². The van der Waals surface area contributed by atoms with Crippen molar-refractivity contribution in [2.45, 2.75) is 59.4 Å². The zero-order chi connectivity index (χ0) is 23.5. The molecule has 2 saturated heterocycles. The molecule has 8 heteroatoms. The molecule has 1 aromatic heterocycles. The molecule has 3 atom stereocenters. The third-order valence-corrected chi connectivity index (χ3v) is 6.62. The van der Waals surface area contributed by atoms with E-state index >= 15 is 0 Å². The standard InChI is InChI=1S/C25H37N5O3/c1-17(2)23(30-14-19(4)32-20(5)15-30)25(31)29-12-10-28(11-13-29)16-22-26-24(27-33-22)21-9-7-6-8-18(21)3/h6-9,17,19-20,23H,10-16H2,1-5H3. The molecule has 0 bridgehead atoms. The number of morpholine rings is 1. The van der Waals surface area contributed by atoms with Crippen LogP contribution in [0.4, 0.5) is 0 Å². The molecule has 2 aliphatic rings.